The van der Waals surface area contributed by atoms with Crippen molar-refractivity contribution in [2.45, 2.75) is 32.7 Å². The van der Waals surface area contributed by atoms with Gasteiger partial charge in [-0.3, -0.25) is 9.80 Å². The average Bonchev–Trinajstić information content (AvgIpc) is 2.74. The Bertz CT molecular complexity index is 812. The highest BCUT2D eigenvalue weighted by atomic mass is 16.2. The topological polar surface area (TPSA) is 51.7 Å². The van der Waals surface area contributed by atoms with Crippen LogP contribution >= 0.6 is 0 Å². The van der Waals surface area contributed by atoms with Crippen LogP contribution in [0.5, 0.6) is 0 Å². The summed E-state index contributed by atoms with van der Waals surface area (Å²) in [4.78, 5) is 24.0. The van der Waals surface area contributed by atoms with Crippen LogP contribution in [0.3, 0.4) is 0 Å². The lowest BCUT2D eigenvalue weighted by Crippen LogP contribution is -2.49. The van der Waals surface area contributed by atoms with Gasteiger partial charge in [-0.1, -0.05) is 18.2 Å². The van der Waals surface area contributed by atoms with Crippen molar-refractivity contribution in [1.29, 1.82) is 0 Å². The number of urea groups is 1. The van der Waals surface area contributed by atoms with E-state index in [1.807, 2.05) is 35.2 Å². The first kappa shape index (κ1) is 18.7. The Labute approximate surface area is 167 Å². The molecule has 1 N–H and O–H groups in total. The van der Waals surface area contributed by atoms with Gasteiger partial charge in [-0.15, -0.1) is 0 Å². The first-order valence-corrected chi connectivity index (χ1v) is 10.2. The average molecular weight is 380 g/mol. The van der Waals surface area contributed by atoms with Gasteiger partial charge in [0.15, 0.2) is 0 Å². The van der Waals surface area contributed by atoms with Crippen LogP contribution in [0.2, 0.25) is 0 Å². The van der Waals surface area contributed by atoms with E-state index in [4.69, 9.17) is 0 Å². The lowest BCUT2D eigenvalue weighted by Gasteiger charge is -2.37. The molecule has 0 atom stereocenters. The van der Waals surface area contributed by atoms with E-state index in [0.29, 0.717) is 6.04 Å². The summed E-state index contributed by atoms with van der Waals surface area (Å²) >= 11 is 0. The Balaban J connectivity index is 1.38. The number of hydrogen-bond donors (Lipinski definition) is 1. The maximum Gasteiger partial charge on any atom is 0.326 e. The highest BCUT2D eigenvalue weighted by Gasteiger charge is 2.23. The lowest BCUT2D eigenvalue weighted by atomic mass is 10.0. The fourth-order valence-electron chi connectivity index (χ4n) is 4.05. The second-order valence-corrected chi connectivity index (χ2v) is 7.84. The number of amides is 2. The van der Waals surface area contributed by atoms with Crippen molar-refractivity contribution in [3.8, 4) is 0 Å². The third-order valence-corrected chi connectivity index (χ3v) is 5.72. The van der Waals surface area contributed by atoms with Crippen molar-refractivity contribution in [2.75, 3.05) is 47.8 Å². The summed E-state index contributed by atoms with van der Waals surface area (Å²) in [6, 6.07) is 12.6. The number of benzene rings is 1. The second-order valence-electron chi connectivity index (χ2n) is 7.84. The zero-order chi connectivity index (χ0) is 19.5. The fourth-order valence-corrected chi connectivity index (χ4v) is 4.05. The smallest absolute Gasteiger partial charge is 0.326 e. The largest absolute Gasteiger partial charge is 0.354 e. The number of hydrogen-bond acceptors (Lipinski definition) is 4. The third kappa shape index (κ3) is 3.97. The van der Waals surface area contributed by atoms with Crippen molar-refractivity contribution in [2.24, 2.45) is 0 Å². The number of nitrogens with one attached hydrogen (secondary N) is 1. The highest BCUT2D eigenvalue weighted by Crippen LogP contribution is 2.27. The number of anilines is 3. The number of carbonyl (C=O) groups is 1. The Hall–Kier alpha value is -2.60. The molecule has 2 aromatic rings. The molecule has 0 bridgehead atoms. The quantitative estimate of drug-likeness (QED) is 0.885. The van der Waals surface area contributed by atoms with Gasteiger partial charge in [0.2, 0.25) is 0 Å². The molecule has 1 aromatic heterocycles. The Kier molecular flexibility index (Phi) is 5.48. The van der Waals surface area contributed by atoms with Crippen LogP contribution in [0.25, 0.3) is 0 Å². The van der Waals surface area contributed by atoms with Gasteiger partial charge in [-0.25, -0.2) is 9.78 Å². The number of fused-ring (bicyclic) bond motifs is 1. The number of piperazine rings is 1. The normalized spacial score (nSPS) is 17.5. The minimum Gasteiger partial charge on any atom is -0.354 e. The molecular weight excluding hydrogens is 350 g/mol. The van der Waals surface area contributed by atoms with E-state index in [9.17, 15) is 4.79 Å². The molecule has 1 fully saturated rings. The number of nitrogens with zero attached hydrogens (tertiary/aromatic N) is 4. The first-order valence-electron chi connectivity index (χ1n) is 10.2. The summed E-state index contributed by atoms with van der Waals surface area (Å²) < 4.78 is 0. The maximum absolute atomic E-state index is 12.8. The summed E-state index contributed by atoms with van der Waals surface area (Å²) in [6.45, 7) is 9.33. The van der Waals surface area contributed by atoms with Gasteiger partial charge >= 0.3 is 6.03 Å². The zero-order valence-corrected chi connectivity index (χ0v) is 16.8. The summed E-state index contributed by atoms with van der Waals surface area (Å²) in [6.07, 6.45) is 3.78. The molecule has 1 saturated heterocycles. The van der Waals surface area contributed by atoms with Crippen LogP contribution in [-0.2, 0) is 6.42 Å². The first-order chi connectivity index (χ1) is 13.6. The van der Waals surface area contributed by atoms with Crippen molar-refractivity contribution >= 4 is 23.2 Å². The molecule has 0 radical (unpaired) electrons. The molecular formula is C22H29N5O. The molecule has 0 saturated carbocycles. The number of rotatable bonds is 3. The Morgan fingerprint density at radius 1 is 1.04 bits per heavy atom. The number of aromatic nitrogens is 1. The highest BCUT2D eigenvalue weighted by molar-refractivity contribution is 6.02. The Morgan fingerprint density at radius 3 is 2.54 bits per heavy atom. The van der Waals surface area contributed by atoms with E-state index in [-0.39, 0.29) is 6.03 Å². The van der Waals surface area contributed by atoms with Gasteiger partial charge in [0, 0.05) is 44.5 Å². The minimum absolute atomic E-state index is 0.0905. The molecule has 28 heavy (non-hydrogen) atoms. The molecule has 0 spiro atoms. The fraction of sp³-hybridized carbons (Fsp3) is 0.455. The molecule has 4 rings (SSSR count). The Morgan fingerprint density at radius 2 is 1.82 bits per heavy atom. The van der Waals surface area contributed by atoms with E-state index >= 15 is 0 Å². The number of aryl methyl sites for hydroxylation is 1. The van der Waals surface area contributed by atoms with E-state index in [1.54, 1.807) is 6.20 Å². The van der Waals surface area contributed by atoms with Gasteiger partial charge < -0.3 is 10.2 Å². The third-order valence-electron chi connectivity index (χ3n) is 5.72. The number of carbonyl (C=O) groups excluding carboxylic acids is 1. The molecule has 148 valence electrons. The molecule has 6 heteroatoms. The summed E-state index contributed by atoms with van der Waals surface area (Å²) in [5.74, 6) is 0.977. The molecule has 2 amide bonds. The van der Waals surface area contributed by atoms with Gasteiger partial charge in [0.25, 0.3) is 0 Å². The van der Waals surface area contributed by atoms with Crippen LogP contribution in [-0.4, -0.2) is 54.7 Å². The van der Waals surface area contributed by atoms with Gasteiger partial charge in [-0.05, 0) is 50.5 Å². The van der Waals surface area contributed by atoms with E-state index in [0.717, 1.165) is 62.8 Å². The SMILES string of the molecule is CC(C)N1CCN(c2ccc(NC(=O)N3CCCc4ccccc43)cn2)CC1. The van der Waals surface area contributed by atoms with Crippen molar-refractivity contribution in [3.63, 3.8) is 0 Å². The summed E-state index contributed by atoms with van der Waals surface area (Å²) in [5.41, 5.74) is 2.98. The molecule has 6 nitrogen and oxygen atoms in total. The van der Waals surface area contributed by atoms with Crippen molar-refractivity contribution in [3.05, 3.63) is 48.2 Å². The van der Waals surface area contributed by atoms with Crippen LogP contribution in [0.4, 0.5) is 22.0 Å². The predicted octanol–water partition coefficient (Wildman–Crippen LogP) is 3.60. The molecule has 2 aliphatic heterocycles. The second kappa shape index (κ2) is 8.19. The van der Waals surface area contributed by atoms with Crippen molar-refractivity contribution in [1.82, 2.24) is 9.88 Å². The standard InChI is InChI=1S/C22H29N5O/c1-17(2)25-12-14-26(15-13-25)21-10-9-19(16-23-21)24-22(28)27-11-5-7-18-6-3-4-8-20(18)27/h3-4,6,8-10,16-17H,5,7,11-15H2,1-2H3,(H,24,28). The van der Waals surface area contributed by atoms with Crippen molar-refractivity contribution < 1.29 is 4.79 Å². The van der Waals surface area contributed by atoms with Crippen LogP contribution in [0.15, 0.2) is 42.6 Å². The van der Waals surface area contributed by atoms with Gasteiger partial charge in [0.1, 0.15) is 5.82 Å². The molecule has 0 unspecified atom stereocenters. The maximum atomic E-state index is 12.8. The molecule has 1 aromatic carbocycles. The van der Waals surface area contributed by atoms with Crippen LogP contribution in [0, 0.1) is 0 Å². The summed E-state index contributed by atoms with van der Waals surface area (Å²) in [5, 5.41) is 3.00. The molecule has 0 aliphatic carbocycles. The van der Waals surface area contributed by atoms with Gasteiger partial charge in [0.05, 0.1) is 11.9 Å². The number of pyridine rings is 1. The van der Waals surface area contributed by atoms with Crippen LogP contribution in [0.1, 0.15) is 25.8 Å². The molecule has 2 aliphatic rings. The predicted molar refractivity (Wildman–Crippen MR) is 114 cm³/mol. The number of para-hydroxylation sites is 1. The van der Waals surface area contributed by atoms with E-state index in [2.05, 4.69) is 40.0 Å². The van der Waals surface area contributed by atoms with E-state index in [1.165, 1.54) is 5.56 Å². The summed E-state index contributed by atoms with van der Waals surface area (Å²) in [7, 11) is 0. The lowest BCUT2D eigenvalue weighted by molar-refractivity contribution is 0.209. The molecule has 3 heterocycles. The minimum atomic E-state index is -0.0905. The zero-order valence-electron chi connectivity index (χ0n) is 16.8. The van der Waals surface area contributed by atoms with Gasteiger partial charge in [-0.2, -0.15) is 0 Å². The van der Waals surface area contributed by atoms with Crippen LogP contribution < -0.4 is 15.1 Å². The monoisotopic (exact) mass is 379 g/mol. The van der Waals surface area contributed by atoms with E-state index < -0.39 is 0 Å².